The average Bonchev–Trinajstić information content (AvgIpc) is 2.69. The molecule has 0 aliphatic rings. The highest BCUT2D eigenvalue weighted by Crippen LogP contribution is 2.26. The van der Waals surface area contributed by atoms with E-state index in [0.717, 1.165) is 23.7 Å². The summed E-state index contributed by atoms with van der Waals surface area (Å²) in [6.45, 7) is 8.86. The number of aryl methyl sites for hydroxylation is 1. The lowest BCUT2D eigenvalue weighted by molar-refractivity contribution is 0.521. The summed E-state index contributed by atoms with van der Waals surface area (Å²) in [5.41, 5.74) is 2.42. The van der Waals surface area contributed by atoms with Crippen molar-refractivity contribution < 1.29 is 4.42 Å². The van der Waals surface area contributed by atoms with Gasteiger partial charge >= 0.3 is 0 Å². The van der Waals surface area contributed by atoms with Crippen LogP contribution >= 0.6 is 0 Å². The molecular formula is C16H22O. The molecule has 2 rings (SSSR count). The van der Waals surface area contributed by atoms with Gasteiger partial charge in [0.05, 0.1) is 0 Å². The molecule has 1 nitrogen and oxygen atoms in total. The van der Waals surface area contributed by atoms with Crippen LogP contribution in [0.2, 0.25) is 0 Å². The van der Waals surface area contributed by atoms with Crippen LogP contribution in [0.25, 0.3) is 11.0 Å². The van der Waals surface area contributed by atoms with Gasteiger partial charge in [-0.2, -0.15) is 0 Å². The Hall–Kier alpha value is -1.24. The molecule has 0 saturated carbocycles. The fourth-order valence-electron chi connectivity index (χ4n) is 1.99. The molecule has 1 heteroatoms. The van der Waals surface area contributed by atoms with E-state index >= 15 is 0 Å². The van der Waals surface area contributed by atoms with E-state index in [-0.39, 0.29) is 0 Å². The van der Waals surface area contributed by atoms with Crippen LogP contribution in [-0.2, 0) is 6.42 Å². The summed E-state index contributed by atoms with van der Waals surface area (Å²) in [5, 5.41) is 1.22. The van der Waals surface area contributed by atoms with Gasteiger partial charge in [0.2, 0.25) is 0 Å². The minimum Gasteiger partial charge on any atom is -0.461 e. The molecule has 1 heterocycles. The number of hydrogen-bond donors (Lipinski definition) is 0. The molecule has 0 amide bonds. The van der Waals surface area contributed by atoms with Crippen LogP contribution in [0.3, 0.4) is 0 Å². The third kappa shape index (κ3) is 2.91. The highest BCUT2D eigenvalue weighted by Gasteiger charge is 2.07. The van der Waals surface area contributed by atoms with E-state index in [1.54, 1.807) is 0 Å². The summed E-state index contributed by atoms with van der Waals surface area (Å²) in [7, 11) is 0. The lowest BCUT2D eigenvalue weighted by atomic mass is 10.0. The topological polar surface area (TPSA) is 13.1 Å². The molecule has 0 radical (unpaired) electrons. The van der Waals surface area contributed by atoms with Gasteiger partial charge in [0.1, 0.15) is 11.3 Å². The number of benzene rings is 1. The minimum atomic E-state index is 0.460. The van der Waals surface area contributed by atoms with Crippen LogP contribution < -0.4 is 0 Å². The van der Waals surface area contributed by atoms with Crippen LogP contribution in [0.4, 0.5) is 0 Å². The normalized spacial score (nSPS) is 11.9. The molecule has 0 unspecified atom stereocenters. The summed E-state index contributed by atoms with van der Waals surface area (Å²) in [6.07, 6.45) is 2.38. The van der Waals surface area contributed by atoms with Crippen molar-refractivity contribution in [3.05, 3.63) is 35.6 Å². The van der Waals surface area contributed by atoms with Crippen LogP contribution in [0.15, 0.2) is 28.7 Å². The molecule has 0 atom stereocenters. The van der Waals surface area contributed by atoms with Crippen molar-refractivity contribution in [3.63, 3.8) is 0 Å². The molecule has 1 aromatic heterocycles. The fourth-order valence-corrected chi connectivity index (χ4v) is 1.99. The molecule has 0 saturated heterocycles. The van der Waals surface area contributed by atoms with Gasteiger partial charge in [-0.3, -0.25) is 0 Å². The lowest BCUT2D eigenvalue weighted by Gasteiger charge is -2.04. The van der Waals surface area contributed by atoms with E-state index in [0.29, 0.717) is 5.92 Å². The second-order valence-corrected chi connectivity index (χ2v) is 5.61. The van der Waals surface area contributed by atoms with Crippen LogP contribution in [0.5, 0.6) is 0 Å². The molecule has 0 N–H and O–H groups in total. The van der Waals surface area contributed by atoms with E-state index in [2.05, 4.69) is 52.0 Å². The second kappa shape index (κ2) is 4.95. The largest absolute Gasteiger partial charge is 0.461 e. The first-order valence-electron chi connectivity index (χ1n) is 6.58. The predicted molar refractivity (Wildman–Crippen MR) is 73.5 cm³/mol. The Kier molecular flexibility index (Phi) is 3.56. The third-order valence-electron chi connectivity index (χ3n) is 3.18. The van der Waals surface area contributed by atoms with Crippen molar-refractivity contribution >= 4 is 11.0 Å². The van der Waals surface area contributed by atoms with Gasteiger partial charge in [0.15, 0.2) is 0 Å². The fraction of sp³-hybridized carbons (Fsp3) is 0.500. The lowest BCUT2D eigenvalue weighted by Crippen LogP contribution is -1.91. The summed E-state index contributed by atoms with van der Waals surface area (Å²) < 4.78 is 5.88. The van der Waals surface area contributed by atoms with Gasteiger partial charge in [-0.25, -0.2) is 0 Å². The zero-order chi connectivity index (χ0) is 12.4. The van der Waals surface area contributed by atoms with Crippen LogP contribution in [0, 0.1) is 5.92 Å². The average molecular weight is 230 g/mol. The Morgan fingerprint density at radius 1 is 1.06 bits per heavy atom. The molecular weight excluding hydrogens is 208 g/mol. The summed E-state index contributed by atoms with van der Waals surface area (Å²) >= 11 is 0. The predicted octanol–water partition coefficient (Wildman–Crippen LogP) is 5.14. The quantitative estimate of drug-likeness (QED) is 0.708. The minimum absolute atomic E-state index is 0.460. The van der Waals surface area contributed by atoms with Gasteiger partial charge < -0.3 is 4.42 Å². The van der Waals surface area contributed by atoms with Crippen molar-refractivity contribution in [1.29, 1.82) is 0 Å². The van der Waals surface area contributed by atoms with Gasteiger partial charge in [0, 0.05) is 11.3 Å². The maximum atomic E-state index is 5.88. The van der Waals surface area contributed by atoms with Crippen molar-refractivity contribution in [2.75, 3.05) is 0 Å². The van der Waals surface area contributed by atoms with Crippen molar-refractivity contribution in [1.82, 2.24) is 0 Å². The van der Waals surface area contributed by atoms with E-state index in [9.17, 15) is 0 Å². The summed E-state index contributed by atoms with van der Waals surface area (Å²) in [6, 6.07) is 8.76. The van der Waals surface area contributed by atoms with Gasteiger partial charge in [-0.1, -0.05) is 39.8 Å². The first-order chi connectivity index (χ1) is 8.06. The molecule has 1 aromatic carbocycles. The van der Waals surface area contributed by atoms with Crippen molar-refractivity contribution in [2.24, 2.45) is 5.92 Å². The second-order valence-electron chi connectivity index (χ2n) is 5.61. The number of furan rings is 1. The molecule has 0 spiro atoms. The van der Waals surface area contributed by atoms with E-state index in [1.165, 1.54) is 17.4 Å². The molecule has 0 bridgehead atoms. The van der Waals surface area contributed by atoms with Crippen LogP contribution in [0.1, 0.15) is 51.4 Å². The standard InChI is InChI=1S/C16H22O/c1-11(2)5-6-13-7-8-14-10-15(12(3)4)17-16(14)9-13/h7-12H,5-6H2,1-4H3. The number of rotatable bonds is 4. The molecule has 17 heavy (non-hydrogen) atoms. The third-order valence-corrected chi connectivity index (χ3v) is 3.18. The SMILES string of the molecule is CC(C)CCc1ccc2cc(C(C)C)oc2c1. The number of hydrogen-bond acceptors (Lipinski definition) is 1. The molecule has 2 aromatic rings. The highest BCUT2D eigenvalue weighted by molar-refractivity contribution is 5.78. The molecule has 0 aliphatic heterocycles. The molecule has 0 fully saturated rings. The monoisotopic (exact) mass is 230 g/mol. The Morgan fingerprint density at radius 2 is 1.82 bits per heavy atom. The zero-order valence-electron chi connectivity index (χ0n) is 11.3. The van der Waals surface area contributed by atoms with E-state index < -0.39 is 0 Å². The first-order valence-corrected chi connectivity index (χ1v) is 6.58. The Morgan fingerprint density at radius 3 is 2.47 bits per heavy atom. The maximum absolute atomic E-state index is 5.88. The summed E-state index contributed by atoms with van der Waals surface area (Å²) in [4.78, 5) is 0. The summed E-state index contributed by atoms with van der Waals surface area (Å²) in [5.74, 6) is 2.30. The molecule has 92 valence electrons. The Bertz CT molecular complexity index is 491. The Balaban J connectivity index is 2.24. The smallest absolute Gasteiger partial charge is 0.134 e. The van der Waals surface area contributed by atoms with E-state index in [4.69, 9.17) is 4.42 Å². The van der Waals surface area contributed by atoms with Gasteiger partial charge in [-0.05, 0) is 36.5 Å². The van der Waals surface area contributed by atoms with Gasteiger partial charge in [0.25, 0.3) is 0 Å². The molecule has 0 aliphatic carbocycles. The van der Waals surface area contributed by atoms with Crippen molar-refractivity contribution in [3.8, 4) is 0 Å². The van der Waals surface area contributed by atoms with Gasteiger partial charge in [-0.15, -0.1) is 0 Å². The maximum Gasteiger partial charge on any atom is 0.134 e. The zero-order valence-corrected chi connectivity index (χ0v) is 11.3. The van der Waals surface area contributed by atoms with E-state index in [1.807, 2.05) is 0 Å². The van der Waals surface area contributed by atoms with Crippen LogP contribution in [-0.4, -0.2) is 0 Å². The number of fused-ring (bicyclic) bond motifs is 1. The first kappa shape index (κ1) is 12.2. The Labute approximate surface area is 104 Å². The van der Waals surface area contributed by atoms with Crippen molar-refractivity contribution in [2.45, 2.75) is 46.5 Å². The highest BCUT2D eigenvalue weighted by atomic mass is 16.3.